The Labute approximate surface area is 235 Å². The van der Waals surface area contributed by atoms with E-state index in [9.17, 15) is 0 Å². The van der Waals surface area contributed by atoms with Crippen molar-refractivity contribution in [3.8, 4) is 22.3 Å². The second-order valence-electron chi connectivity index (χ2n) is 10.2. The standard InChI is InChI=1S/C37H23BrO/c38-27-21-19-25(20-22-27)37(33-16-4-1-11-29(33)30-12-2-5-17-34(30)37)26-10-7-9-24(23-26)28-14-8-15-32-31-13-3-6-18-35(31)39-36(28)32/h1-23H. The van der Waals surface area contributed by atoms with Crippen molar-refractivity contribution in [2.75, 3.05) is 0 Å². The molecule has 0 bridgehead atoms. The average molecular weight is 563 g/mol. The molecule has 0 N–H and O–H groups in total. The van der Waals surface area contributed by atoms with Crippen LogP contribution in [-0.2, 0) is 5.41 Å². The molecule has 6 aromatic carbocycles. The van der Waals surface area contributed by atoms with E-state index in [1.807, 2.05) is 12.1 Å². The first-order valence-corrected chi connectivity index (χ1v) is 14.0. The highest BCUT2D eigenvalue weighted by molar-refractivity contribution is 9.10. The molecule has 0 fully saturated rings. The van der Waals surface area contributed by atoms with Gasteiger partial charge in [0.05, 0.1) is 5.41 Å². The summed E-state index contributed by atoms with van der Waals surface area (Å²) < 4.78 is 7.51. The van der Waals surface area contributed by atoms with E-state index in [4.69, 9.17) is 4.42 Å². The number of fused-ring (bicyclic) bond motifs is 6. The summed E-state index contributed by atoms with van der Waals surface area (Å²) >= 11 is 3.66. The summed E-state index contributed by atoms with van der Waals surface area (Å²) in [6, 6.07) is 50.3. The van der Waals surface area contributed by atoms with Crippen molar-refractivity contribution in [1.82, 2.24) is 0 Å². The smallest absolute Gasteiger partial charge is 0.143 e. The molecule has 184 valence electrons. The maximum atomic E-state index is 6.43. The number of hydrogen-bond donors (Lipinski definition) is 0. The van der Waals surface area contributed by atoms with E-state index in [-0.39, 0.29) is 0 Å². The molecule has 1 aliphatic rings. The van der Waals surface area contributed by atoms with Crippen LogP contribution >= 0.6 is 15.9 Å². The number of furan rings is 1. The lowest BCUT2D eigenvalue weighted by molar-refractivity contribution is 0.670. The minimum absolute atomic E-state index is 0.439. The Morgan fingerprint density at radius 3 is 1.87 bits per heavy atom. The number of hydrogen-bond acceptors (Lipinski definition) is 1. The summed E-state index contributed by atoms with van der Waals surface area (Å²) in [4.78, 5) is 0. The molecule has 1 heterocycles. The molecule has 1 aromatic heterocycles. The number of benzene rings is 6. The van der Waals surface area contributed by atoms with Gasteiger partial charge >= 0.3 is 0 Å². The van der Waals surface area contributed by atoms with Gasteiger partial charge in [-0.15, -0.1) is 0 Å². The van der Waals surface area contributed by atoms with Gasteiger partial charge in [-0.2, -0.15) is 0 Å². The molecule has 2 heteroatoms. The molecule has 0 atom stereocenters. The predicted molar refractivity (Wildman–Crippen MR) is 164 cm³/mol. The molecule has 0 spiro atoms. The third-order valence-corrected chi connectivity index (χ3v) is 8.77. The van der Waals surface area contributed by atoms with Gasteiger partial charge in [-0.25, -0.2) is 0 Å². The SMILES string of the molecule is Brc1ccc(C2(c3cccc(-c4cccc5c4oc4ccccc45)c3)c3ccccc3-c3ccccc32)cc1. The van der Waals surface area contributed by atoms with Gasteiger partial charge in [0, 0.05) is 20.8 Å². The van der Waals surface area contributed by atoms with Crippen LogP contribution in [0.15, 0.2) is 148 Å². The topological polar surface area (TPSA) is 13.1 Å². The zero-order valence-electron chi connectivity index (χ0n) is 21.1. The van der Waals surface area contributed by atoms with Crippen LogP contribution in [0.2, 0.25) is 0 Å². The van der Waals surface area contributed by atoms with Crippen LogP contribution in [0.1, 0.15) is 22.3 Å². The van der Waals surface area contributed by atoms with Gasteiger partial charge < -0.3 is 4.42 Å². The molecular formula is C37H23BrO. The fraction of sp³-hybridized carbons (Fsp3) is 0.0270. The minimum atomic E-state index is -0.439. The fourth-order valence-electron chi connectivity index (χ4n) is 6.62. The van der Waals surface area contributed by atoms with Crippen LogP contribution in [0, 0.1) is 0 Å². The Bertz CT molecular complexity index is 1980. The van der Waals surface area contributed by atoms with Crippen LogP contribution in [0.4, 0.5) is 0 Å². The lowest BCUT2D eigenvalue weighted by Crippen LogP contribution is -2.28. The van der Waals surface area contributed by atoms with Crippen LogP contribution in [-0.4, -0.2) is 0 Å². The van der Waals surface area contributed by atoms with Gasteiger partial charge in [0.25, 0.3) is 0 Å². The normalized spacial score (nSPS) is 13.5. The van der Waals surface area contributed by atoms with E-state index in [2.05, 4.69) is 143 Å². The Morgan fingerprint density at radius 2 is 1.10 bits per heavy atom. The monoisotopic (exact) mass is 562 g/mol. The maximum Gasteiger partial charge on any atom is 0.143 e. The minimum Gasteiger partial charge on any atom is -0.455 e. The summed E-state index contributed by atoms with van der Waals surface area (Å²) in [5.41, 5.74) is 11.4. The zero-order valence-corrected chi connectivity index (χ0v) is 22.7. The molecule has 0 radical (unpaired) electrons. The Hall–Kier alpha value is -4.40. The second kappa shape index (κ2) is 8.56. The van der Waals surface area contributed by atoms with Crippen molar-refractivity contribution < 1.29 is 4.42 Å². The van der Waals surface area contributed by atoms with E-state index in [0.29, 0.717) is 0 Å². The van der Waals surface area contributed by atoms with E-state index in [0.717, 1.165) is 37.5 Å². The summed E-state index contributed by atoms with van der Waals surface area (Å²) in [5, 5.41) is 2.29. The van der Waals surface area contributed by atoms with Crippen molar-refractivity contribution in [1.29, 1.82) is 0 Å². The highest BCUT2D eigenvalue weighted by atomic mass is 79.9. The lowest BCUT2D eigenvalue weighted by atomic mass is 9.67. The van der Waals surface area contributed by atoms with Crippen LogP contribution in [0.25, 0.3) is 44.2 Å². The Kier molecular flexibility index (Phi) is 4.95. The predicted octanol–water partition coefficient (Wildman–Crippen LogP) is 10.4. The Morgan fingerprint density at radius 1 is 0.487 bits per heavy atom. The first kappa shape index (κ1) is 22.6. The van der Waals surface area contributed by atoms with Gasteiger partial charge in [0.1, 0.15) is 11.2 Å². The highest BCUT2D eigenvalue weighted by Crippen LogP contribution is 2.56. The third-order valence-electron chi connectivity index (χ3n) is 8.24. The molecule has 7 aromatic rings. The number of para-hydroxylation sites is 2. The van der Waals surface area contributed by atoms with Crippen molar-refractivity contribution in [3.05, 3.63) is 166 Å². The summed E-state index contributed by atoms with van der Waals surface area (Å²) in [6.07, 6.45) is 0. The third kappa shape index (κ3) is 3.19. The molecule has 39 heavy (non-hydrogen) atoms. The van der Waals surface area contributed by atoms with Gasteiger partial charge in [0.2, 0.25) is 0 Å². The van der Waals surface area contributed by atoms with Crippen molar-refractivity contribution in [2.45, 2.75) is 5.41 Å². The molecule has 8 rings (SSSR count). The number of halogens is 1. The van der Waals surface area contributed by atoms with Crippen molar-refractivity contribution in [2.24, 2.45) is 0 Å². The molecule has 0 saturated carbocycles. The van der Waals surface area contributed by atoms with Crippen molar-refractivity contribution >= 4 is 37.9 Å². The molecule has 0 saturated heterocycles. The van der Waals surface area contributed by atoms with E-state index >= 15 is 0 Å². The van der Waals surface area contributed by atoms with Gasteiger partial charge in [-0.1, -0.05) is 131 Å². The quantitative estimate of drug-likeness (QED) is 0.208. The second-order valence-corrected chi connectivity index (χ2v) is 11.1. The zero-order chi connectivity index (χ0) is 26.0. The van der Waals surface area contributed by atoms with Crippen molar-refractivity contribution in [3.63, 3.8) is 0 Å². The molecule has 0 amide bonds. The Balaban J connectivity index is 1.44. The fourth-order valence-corrected chi connectivity index (χ4v) is 6.88. The van der Waals surface area contributed by atoms with Gasteiger partial charge in [-0.3, -0.25) is 0 Å². The van der Waals surface area contributed by atoms with E-state index in [1.165, 1.54) is 33.4 Å². The van der Waals surface area contributed by atoms with Crippen LogP contribution in [0.5, 0.6) is 0 Å². The summed E-state index contributed by atoms with van der Waals surface area (Å²) in [7, 11) is 0. The molecule has 1 aliphatic carbocycles. The number of rotatable bonds is 3. The average Bonchev–Trinajstić information content (AvgIpc) is 3.52. The van der Waals surface area contributed by atoms with Gasteiger partial charge in [-0.05, 0) is 63.2 Å². The summed E-state index contributed by atoms with van der Waals surface area (Å²) in [5.74, 6) is 0. The largest absolute Gasteiger partial charge is 0.455 e. The molecular weight excluding hydrogens is 540 g/mol. The first-order chi connectivity index (χ1) is 19.2. The molecule has 1 nitrogen and oxygen atoms in total. The summed E-state index contributed by atoms with van der Waals surface area (Å²) in [6.45, 7) is 0. The highest BCUT2D eigenvalue weighted by Gasteiger charge is 2.45. The maximum absolute atomic E-state index is 6.43. The lowest BCUT2D eigenvalue weighted by Gasteiger charge is -2.34. The van der Waals surface area contributed by atoms with E-state index in [1.54, 1.807) is 0 Å². The van der Waals surface area contributed by atoms with Gasteiger partial charge in [0.15, 0.2) is 0 Å². The molecule has 0 unspecified atom stereocenters. The van der Waals surface area contributed by atoms with E-state index < -0.39 is 5.41 Å². The molecule has 0 aliphatic heterocycles. The van der Waals surface area contributed by atoms with Crippen LogP contribution < -0.4 is 0 Å². The van der Waals surface area contributed by atoms with Crippen LogP contribution in [0.3, 0.4) is 0 Å². The first-order valence-electron chi connectivity index (χ1n) is 13.2.